The predicted molar refractivity (Wildman–Crippen MR) is 99.2 cm³/mol. The molecular formula is C21H20N2O3. The molecule has 4 rings (SSSR count). The van der Waals surface area contributed by atoms with Gasteiger partial charge in [0.05, 0.1) is 18.4 Å². The number of benzene rings is 2. The van der Waals surface area contributed by atoms with Crippen LogP contribution in [0.2, 0.25) is 0 Å². The minimum Gasteiger partial charge on any atom is -0.490 e. The lowest BCUT2D eigenvalue weighted by atomic mass is 10.2. The molecule has 1 amide bonds. The average Bonchev–Trinajstić information content (AvgIpc) is 3.17. The zero-order chi connectivity index (χ0) is 17.8. The second kappa shape index (κ2) is 7.44. The van der Waals surface area contributed by atoms with Crippen molar-refractivity contribution in [3.63, 3.8) is 0 Å². The van der Waals surface area contributed by atoms with Gasteiger partial charge < -0.3 is 14.1 Å². The molecule has 0 saturated heterocycles. The Bertz CT molecular complexity index is 889. The third-order valence-electron chi connectivity index (χ3n) is 4.42. The quantitative estimate of drug-likeness (QED) is 0.697. The first-order valence-electron chi connectivity index (χ1n) is 8.83. The molecule has 26 heavy (non-hydrogen) atoms. The Morgan fingerprint density at radius 1 is 1.08 bits per heavy atom. The fraction of sp³-hybridized carbons (Fsp3) is 0.238. The minimum absolute atomic E-state index is 0.107. The van der Waals surface area contributed by atoms with Crippen molar-refractivity contribution < 1.29 is 13.9 Å². The van der Waals surface area contributed by atoms with Crippen molar-refractivity contribution in [1.29, 1.82) is 0 Å². The molecular weight excluding hydrogens is 328 g/mol. The molecule has 0 atom stereocenters. The maximum absolute atomic E-state index is 12.6. The number of rotatable bonds is 5. The van der Waals surface area contributed by atoms with Gasteiger partial charge in [-0.2, -0.15) is 0 Å². The maximum Gasteiger partial charge on any atom is 0.227 e. The van der Waals surface area contributed by atoms with E-state index in [1.54, 1.807) is 6.20 Å². The highest BCUT2D eigenvalue weighted by Crippen LogP contribution is 2.31. The van der Waals surface area contributed by atoms with E-state index in [1.165, 1.54) is 0 Å². The highest BCUT2D eigenvalue weighted by Gasteiger charge is 2.22. The van der Waals surface area contributed by atoms with Crippen LogP contribution < -0.4 is 9.64 Å². The molecule has 1 aliphatic rings. The van der Waals surface area contributed by atoms with Gasteiger partial charge >= 0.3 is 0 Å². The molecule has 0 bridgehead atoms. The van der Waals surface area contributed by atoms with Gasteiger partial charge in [0, 0.05) is 18.4 Å². The van der Waals surface area contributed by atoms with E-state index in [1.807, 2.05) is 59.5 Å². The van der Waals surface area contributed by atoms with Crippen molar-refractivity contribution in [2.24, 2.45) is 0 Å². The fourth-order valence-electron chi connectivity index (χ4n) is 3.12. The number of carbonyl (C=O) groups is 1. The molecule has 2 aromatic carbocycles. The molecule has 5 heteroatoms. The number of oxazole rings is 1. The number of carbonyl (C=O) groups excluding carboxylic acids is 1. The van der Waals surface area contributed by atoms with Gasteiger partial charge in [-0.1, -0.05) is 42.5 Å². The van der Waals surface area contributed by atoms with Crippen molar-refractivity contribution in [1.82, 2.24) is 4.98 Å². The molecule has 0 radical (unpaired) electrons. The number of anilines is 1. The van der Waals surface area contributed by atoms with Gasteiger partial charge in [0.15, 0.2) is 11.7 Å². The van der Waals surface area contributed by atoms with Crippen molar-refractivity contribution >= 4 is 11.6 Å². The SMILES string of the molecule is O=C(CCCc1ncc(-c2ccccc2)o1)N1CCOc2ccccc21. The molecule has 0 saturated carbocycles. The third kappa shape index (κ3) is 3.47. The third-order valence-corrected chi connectivity index (χ3v) is 4.42. The fourth-order valence-corrected chi connectivity index (χ4v) is 3.12. The first-order valence-corrected chi connectivity index (χ1v) is 8.83. The van der Waals surface area contributed by atoms with E-state index in [4.69, 9.17) is 9.15 Å². The van der Waals surface area contributed by atoms with Gasteiger partial charge in [0.2, 0.25) is 5.91 Å². The Morgan fingerprint density at radius 2 is 1.88 bits per heavy atom. The van der Waals surface area contributed by atoms with Gasteiger partial charge in [0.1, 0.15) is 12.4 Å². The van der Waals surface area contributed by atoms with E-state index >= 15 is 0 Å². The summed E-state index contributed by atoms with van der Waals surface area (Å²) in [7, 11) is 0. The number of ether oxygens (including phenoxy) is 1. The van der Waals surface area contributed by atoms with Gasteiger partial charge in [0.25, 0.3) is 0 Å². The second-order valence-corrected chi connectivity index (χ2v) is 6.20. The monoisotopic (exact) mass is 348 g/mol. The van der Waals surface area contributed by atoms with Gasteiger partial charge in [-0.05, 0) is 18.6 Å². The number of nitrogens with zero attached hydrogens (tertiary/aromatic N) is 2. The number of amides is 1. The van der Waals surface area contributed by atoms with Crippen molar-refractivity contribution in [2.75, 3.05) is 18.1 Å². The van der Waals surface area contributed by atoms with E-state index in [0.29, 0.717) is 38.3 Å². The Kier molecular flexibility index (Phi) is 4.69. The molecule has 0 unspecified atom stereocenters. The Hall–Kier alpha value is -3.08. The average molecular weight is 348 g/mol. The zero-order valence-electron chi connectivity index (χ0n) is 14.4. The summed E-state index contributed by atoms with van der Waals surface area (Å²) in [5.74, 6) is 2.30. The first kappa shape index (κ1) is 16.4. The molecule has 0 fully saturated rings. The number of fused-ring (bicyclic) bond motifs is 1. The number of para-hydroxylation sites is 2. The second-order valence-electron chi connectivity index (χ2n) is 6.20. The van der Waals surface area contributed by atoms with E-state index in [0.717, 1.165) is 22.8 Å². The number of aromatic nitrogens is 1. The van der Waals surface area contributed by atoms with Crippen LogP contribution in [0.25, 0.3) is 11.3 Å². The van der Waals surface area contributed by atoms with Crippen LogP contribution in [0.4, 0.5) is 5.69 Å². The Labute approximate surface area is 152 Å². The van der Waals surface area contributed by atoms with Crippen LogP contribution in [0, 0.1) is 0 Å². The zero-order valence-corrected chi connectivity index (χ0v) is 14.4. The topological polar surface area (TPSA) is 55.6 Å². The van der Waals surface area contributed by atoms with Crippen LogP contribution in [0.5, 0.6) is 5.75 Å². The molecule has 5 nitrogen and oxygen atoms in total. The summed E-state index contributed by atoms with van der Waals surface area (Å²) in [5.41, 5.74) is 1.86. The molecule has 1 aliphatic heterocycles. The summed E-state index contributed by atoms with van der Waals surface area (Å²) >= 11 is 0. The van der Waals surface area contributed by atoms with Crippen molar-refractivity contribution in [3.8, 4) is 17.1 Å². The molecule has 3 aromatic rings. The van der Waals surface area contributed by atoms with Crippen LogP contribution in [0.3, 0.4) is 0 Å². The number of hydrogen-bond donors (Lipinski definition) is 0. The van der Waals surface area contributed by atoms with E-state index in [2.05, 4.69) is 4.98 Å². The number of aryl methyl sites for hydroxylation is 1. The minimum atomic E-state index is 0.107. The highest BCUT2D eigenvalue weighted by molar-refractivity contribution is 5.95. The standard InChI is InChI=1S/C21H20N2O3/c24-21(23-13-14-25-18-10-5-4-9-17(18)23)12-6-11-20-22-15-19(26-20)16-7-2-1-3-8-16/h1-5,7-10,15H,6,11-14H2. The van der Waals surface area contributed by atoms with Crippen LogP contribution in [-0.2, 0) is 11.2 Å². The molecule has 0 aliphatic carbocycles. The molecule has 2 heterocycles. The van der Waals surface area contributed by atoms with Crippen molar-refractivity contribution in [2.45, 2.75) is 19.3 Å². The summed E-state index contributed by atoms with van der Waals surface area (Å²) in [5, 5.41) is 0. The van der Waals surface area contributed by atoms with Crippen molar-refractivity contribution in [3.05, 3.63) is 66.7 Å². The summed E-state index contributed by atoms with van der Waals surface area (Å²) in [6, 6.07) is 17.5. The maximum atomic E-state index is 12.6. The van der Waals surface area contributed by atoms with Gasteiger partial charge in [-0.15, -0.1) is 0 Å². The van der Waals surface area contributed by atoms with Gasteiger partial charge in [-0.3, -0.25) is 4.79 Å². The molecule has 0 N–H and O–H groups in total. The summed E-state index contributed by atoms with van der Waals surface area (Å²) < 4.78 is 11.4. The van der Waals surface area contributed by atoms with Crippen LogP contribution in [0.15, 0.2) is 65.2 Å². The van der Waals surface area contributed by atoms with Crippen LogP contribution in [-0.4, -0.2) is 24.0 Å². The van der Waals surface area contributed by atoms with Crippen LogP contribution in [0.1, 0.15) is 18.7 Å². The summed E-state index contributed by atoms with van der Waals surface area (Å²) in [4.78, 5) is 18.7. The Morgan fingerprint density at radius 3 is 2.77 bits per heavy atom. The lowest BCUT2D eigenvalue weighted by Crippen LogP contribution is -2.37. The summed E-state index contributed by atoms with van der Waals surface area (Å²) in [6.07, 6.45) is 3.54. The van der Waals surface area contributed by atoms with Crippen LogP contribution >= 0.6 is 0 Å². The lowest BCUT2D eigenvalue weighted by molar-refractivity contribution is -0.119. The predicted octanol–water partition coefficient (Wildman–Crippen LogP) is 4.09. The van der Waals surface area contributed by atoms with E-state index < -0.39 is 0 Å². The normalized spacial score (nSPS) is 13.2. The molecule has 1 aromatic heterocycles. The van der Waals surface area contributed by atoms with E-state index in [9.17, 15) is 4.79 Å². The number of hydrogen-bond acceptors (Lipinski definition) is 4. The largest absolute Gasteiger partial charge is 0.490 e. The smallest absolute Gasteiger partial charge is 0.227 e. The molecule has 132 valence electrons. The summed E-state index contributed by atoms with van der Waals surface area (Å²) in [6.45, 7) is 1.12. The first-order chi connectivity index (χ1) is 12.8. The Balaban J connectivity index is 1.34. The lowest BCUT2D eigenvalue weighted by Gasteiger charge is -2.29. The highest BCUT2D eigenvalue weighted by atomic mass is 16.5. The molecule has 0 spiro atoms. The van der Waals surface area contributed by atoms with Gasteiger partial charge in [-0.25, -0.2) is 4.98 Å². The van der Waals surface area contributed by atoms with E-state index in [-0.39, 0.29) is 5.91 Å².